The Morgan fingerprint density at radius 3 is 2.86 bits per heavy atom. The van der Waals surface area contributed by atoms with Crippen molar-refractivity contribution in [1.29, 1.82) is 0 Å². The van der Waals surface area contributed by atoms with Crippen molar-refractivity contribution in [2.75, 3.05) is 5.32 Å². The standard InChI is InChI=1S/C13H11N7O/c1-7-9-10(12(21)16-15-7)14-13-17-18-19-20(13)11(9)8-5-3-2-4-6-8/h2-6,11H,1H3,(H,16,21)(H,14,17,19)/t11-/m1/s1. The first-order chi connectivity index (χ1) is 10.3. The van der Waals surface area contributed by atoms with Crippen molar-refractivity contribution in [3.8, 4) is 0 Å². The number of aromatic nitrogens is 6. The Labute approximate surface area is 118 Å². The molecule has 0 amide bonds. The molecule has 104 valence electrons. The minimum Gasteiger partial charge on any atom is -0.318 e. The maximum Gasteiger partial charge on any atom is 0.288 e. The normalized spacial score (nSPS) is 16.0. The second-order valence-electron chi connectivity index (χ2n) is 4.81. The zero-order chi connectivity index (χ0) is 14.4. The summed E-state index contributed by atoms with van der Waals surface area (Å²) in [7, 11) is 0. The minimum atomic E-state index is -0.286. The summed E-state index contributed by atoms with van der Waals surface area (Å²) in [5, 5.41) is 21.2. The number of tetrazole rings is 1. The highest BCUT2D eigenvalue weighted by Crippen LogP contribution is 2.37. The number of H-pyrrole nitrogens is 1. The van der Waals surface area contributed by atoms with E-state index in [1.807, 2.05) is 37.3 Å². The lowest BCUT2D eigenvalue weighted by atomic mass is 9.95. The highest BCUT2D eigenvalue weighted by molar-refractivity contribution is 5.64. The van der Waals surface area contributed by atoms with Crippen LogP contribution in [0.1, 0.15) is 22.9 Å². The summed E-state index contributed by atoms with van der Waals surface area (Å²) in [4.78, 5) is 12.1. The second kappa shape index (κ2) is 4.23. The molecule has 2 N–H and O–H groups in total. The van der Waals surface area contributed by atoms with Crippen molar-refractivity contribution in [2.45, 2.75) is 13.0 Å². The molecule has 0 aliphatic carbocycles. The van der Waals surface area contributed by atoms with Gasteiger partial charge in [-0.05, 0) is 22.9 Å². The largest absolute Gasteiger partial charge is 0.318 e. The van der Waals surface area contributed by atoms with Gasteiger partial charge in [0.2, 0.25) is 5.95 Å². The average Bonchev–Trinajstić information content (AvgIpc) is 2.98. The van der Waals surface area contributed by atoms with E-state index in [0.717, 1.165) is 16.8 Å². The number of anilines is 2. The number of nitrogens with zero attached hydrogens (tertiary/aromatic N) is 5. The SMILES string of the molecule is Cc1n[nH]c(=O)c2c1[C@@H](c1ccccc1)n1nnnc1N2. The van der Waals surface area contributed by atoms with E-state index in [9.17, 15) is 4.79 Å². The monoisotopic (exact) mass is 281 g/mol. The predicted molar refractivity (Wildman–Crippen MR) is 74.4 cm³/mol. The number of aryl methyl sites for hydroxylation is 1. The van der Waals surface area contributed by atoms with Gasteiger partial charge in [0.15, 0.2) is 0 Å². The molecule has 8 nitrogen and oxygen atoms in total. The Morgan fingerprint density at radius 2 is 2.05 bits per heavy atom. The molecule has 4 rings (SSSR count). The van der Waals surface area contributed by atoms with Crippen LogP contribution in [0.4, 0.5) is 11.6 Å². The lowest BCUT2D eigenvalue weighted by Gasteiger charge is -2.26. The van der Waals surface area contributed by atoms with Crippen molar-refractivity contribution >= 4 is 11.6 Å². The minimum absolute atomic E-state index is 0.276. The van der Waals surface area contributed by atoms with Crippen LogP contribution in [0.25, 0.3) is 0 Å². The van der Waals surface area contributed by atoms with Crippen molar-refractivity contribution < 1.29 is 0 Å². The first-order valence-corrected chi connectivity index (χ1v) is 6.44. The first kappa shape index (κ1) is 11.8. The molecule has 0 saturated heterocycles. The summed E-state index contributed by atoms with van der Waals surface area (Å²) >= 11 is 0. The summed E-state index contributed by atoms with van der Waals surface area (Å²) in [6.45, 7) is 1.85. The highest BCUT2D eigenvalue weighted by Gasteiger charge is 2.32. The Bertz CT molecular complexity index is 868. The number of rotatable bonds is 1. The van der Waals surface area contributed by atoms with Gasteiger partial charge in [0, 0.05) is 5.56 Å². The van der Waals surface area contributed by atoms with E-state index >= 15 is 0 Å². The maximum atomic E-state index is 12.1. The van der Waals surface area contributed by atoms with Gasteiger partial charge in [-0.25, -0.2) is 5.10 Å². The summed E-state index contributed by atoms with van der Waals surface area (Å²) < 4.78 is 1.66. The van der Waals surface area contributed by atoms with Gasteiger partial charge in [-0.3, -0.25) is 4.79 Å². The van der Waals surface area contributed by atoms with Crippen LogP contribution in [-0.4, -0.2) is 30.4 Å². The van der Waals surface area contributed by atoms with E-state index in [2.05, 4.69) is 31.0 Å². The van der Waals surface area contributed by atoms with Crippen LogP contribution >= 0.6 is 0 Å². The van der Waals surface area contributed by atoms with Gasteiger partial charge in [-0.2, -0.15) is 9.78 Å². The molecular formula is C13H11N7O. The Kier molecular flexibility index (Phi) is 2.37. The van der Waals surface area contributed by atoms with Gasteiger partial charge in [-0.15, -0.1) is 0 Å². The van der Waals surface area contributed by atoms with Crippen molar-refractivity contribution in [2.24, 2.45) is 0 Å². The van der Waals surface area contributed by atoms with Gasteiger partial charge in [0.25, 0.3) is 5.56 Å². The number of fused-ring (bicyclic) bond motifs is 2. The molecule has 0 fully saturated rings. The van der Waals surface area contributed by atoms with Gasteiger partial charge in [0.1, 0.15) is 11.7 Å². The molecule has 2 aromatic heterocycles. The van der Waals surface area contributed by atoms with E-state index in [1.54, 1.807) is 4.68 Å². The smallest absolute Gasteiger partial charge is 0.288 e. The lowest BCUT2D eigenvalue weighted by molar-refractivity contribution is 0.562. The van der Waals surface area contributed by atoms with Crippen LogP contribution in [0.2, 0.25) is 0 Å². The van der Waals surface area contributed by atoms with Gasteiger partial charge in [0.05, 0.1) is 5.69 Å². The molecule has 1 aliphatic rings. The van der Waals surface area contributed by atoms with E-state index in [1.165, 1.54) is 0 Å². The zero-order valence-electron chi connectivity index (χ0n) is 11.1. The van der Waals surface area contributed by atoms with Crippen LogP contribution in [0, 0.1) is 6.92 Å². The zero-order valence-corrected chi connectivity index (χ0v) is 11.1. The summed E-state index contributed by atoms with van der Waals surface area (Å²) in [5.41, 5.74) is 2.66. The molecule has 1 atom stereocenters. The fourth-order valence-electron chi connectivity index (χ4n) is 2.64. The highest BCUT2D eigenvalue weighted by atomic mass is 16.1. The Morgan fingerprint density at radius 1 is 1.24 bits per heavy atom. The van der Waals surface area contributed by atoms with Gasteiger partial charge in [-0.1, -0.05) is 35.4 Å². The molecule has 1 aliphatic heterocycles. The number of hydrogen-bond donors (Lipinski definition) is 2. The van der Waals surface area contributed by atoms with Crippen molar-refractivity contribution in [3.63, 3.8) is 0 Å². The predicted octanol–water partition coefficient (Wildman–Crippen LogP) is 0.760. The number of benzene rings is 1. The third-order valence-corrected chi connectivity index (χ3v) is 3.57. The van der Waals surface area contributed by atoms with Gasteiger partial charge >= 0.3 is 0 Å². The lowest BCUT2D eigenvalue weighted by Crippen LogP contribution is -2.29. The molecule has 1 aromatic carbocycles. The van der Waals surface area contributed by atoms with E-state index in [4.69, 9.17) is 0 Å². The summed E-state index contributed by atoms with van der Waals surface area (Å²) in [6.07, 6.45) is 0. The molecule has 0 bridgehead atoms. The second-order valence-corrected chi connectivity index (χ2v) is 4.81. The number of nitrogens with one attached hydrogen (secondary N) is 2. The third-order valence-electron chi connectivity index (χ3n) is 3.57. The van der Waals surface area contributed by atoms with E-state index in [0.29, 0.717) is 11.6 Å². The van der Waals surface area contributed by atoms with Crippen molar-refractivity contribution in [1.82, 2.24) is 30.4 Å². The molecule has 0 radical (unpaired) electrons. The topological polar surface area (TPSA) is 101 Å². The number of hydrogen-bond acceptors (Lipinski definition) is 6. The van der Waals surface area contributed by atoms with E-state index < -0.39 is 0 Å². The van der Waals surface area contributed by atoms with Crippen LogP contribution in [0.5, 0.6) is 0 Å². The maximum absolute atomic E-state index is 12.1. The van der Waals surface area contributed by atoms with Crippen molar-refractivity contribution in [3.05, 3.63) is 57.5 Å². The molecule has 0 saturated carbocycles. The Balaban J connectivity index is 2.05. The molecule has 21 heavy (non-hydrogen) atoms. The first-order valence-electron chi connectivity index (χ1n) is 6.44. The number of aromatic amines is 1. The fourth-order valence-corrected chi connectivity index (χ4v) is 2.64. The molecule has 8 heteroatoms. The van der Waals surface area contributed by atoms with Gasteiger partial charge < -0.3 is 5.32 Å². The summed E-state index contributed by atoms with van der Waals surface area (Å²) in [6, 6.07) is 9.50. The fraction of sp³-hybridized carbons (Fsp3) is 0.154. The van der Waals surface area contributed by atoms with E-state index in [-0.39, 0.29) is 11.6 Å². The quantitative estimate of drug-likeness (QED) is 0.534. The molecular weight excluding hydrogens is 270 g/mol. The summed E-state index contributed by atoms with van der Waals surface area (Å²) in [5.74, 6) is 0.437. The van der Waals surface area contributed by atoms with Crippen LogP contribution < -0.4 is 10.9 Å². The average molecular weight is 281 g/mol. The molecule has 3 heterocycles. The molecule has 0 unspecified atom stereocenters. The Hall–Kier alpha value is -3.03. The molecule has 0 spiro atoms. The van der Waals surface area contributed by atoms with Crippen LogP contribution in [0.3, 0.4) is 0 Å². The third kappa shape index (κ3) is 1.65. The van der Waals surface area contributed by atoms with Crippen LogP contribution in [-0.2, 0) is 0 Å². The van der Waals surface area contributed by atoms with Crippen LogP contribution in [0.15, 0.2) is 35.1 Å². The molecule has 3 aromatic rings.